The van der Waals surface area contributed by atoms with Crippen LogP contribution in [0.4, 0.5) is 16.2 Å². The summed E-state index contributed by atoms with van der Waals surface area (Å²) in [6.07, 6.45) is 2.82. The number of fused-ring (bicyclic) bond motifs is 1. The van der Waals surface area contributed by atoms with Gasteiger partial charge >= 0.3 is 6.03 Å². The Balaban J connectivity index is 1.56. The van der Waals surface area contributed by atoms with Crippen molar-refractivity contribution in [3.8, 4) is 28.4 Å². The molecule has 0 saturated carbocycles. The zero-order valence-electron chi connectivity index (χ0n) is 19.7. The molecule has 11 heteroatoms. The summed E-state index contributed by atoms with van der Waals surface area (Å²) in [5.41, 5.74) is 3.45. The second kappa shape index (κ2) is 10.0. The van der Waals surface area contributed by atoms with Crippen LogP contribution in [0.1, 0.15) is 5.69 Å². The Morgan fingerprint density at radius 3 is 2.46 bits per heavy atom. The molecule has 0 aliphatic rings. The molecule has 0 unspecified atom stereocenters. The van der Waals surface area contributed by atoms with Crippen LogP contribution >= 0.6 is 11.6 Å². The molecular weight excluding hydrogens is 494 g/mol. The third kappa shape index (κ3) is 5.09. The molecule has 0 aliphatic heterocycles. The Labute approximate surface area is 215 Å². The van der Waals surface area contributed by atoms with Gasteiger partial charge in [-0.15, -0.1) is 0 Å². The van der Waals surface area contributed by atoms with E-state index in [2.05, 4.69) is 30.6 Å². The average Bonchev–Trinajstić information content (AvgIpc) is 2.90. The van der Waals surface area contributed by atoms with Gasteiger partial charge in [0.2, 0.25) is 11.3 Å². The van der Waals surface area contributed by atoms with Gasteiger partial charge in [0.05, 0.1) is 30.4 Å². The number of urea groups is 1. The molecule has 37 heavy (non-hydrogen) atoms. The van der Waals surface area contributed by atoms with Gasteiger partial charge in [-0.05, 0) is 25.1 Å². The lowest BCUT2D eigenvalue weighted by Crippen LogP contribution is -2.24. The van der Waals surface area contributed by atoms with Gasteiger partial charge in [0, 0.05) is 29.1 Å². The van der Waals surface area contributed by atoms with Crippen molar-refractivity contribution in [1.29, 1.82) is 0 Å². The highest BCUT2D eigenvalue weighted by atomic mass is 35.5. The smallest absolute Gasteiger partial charge is 0.323 e. The van der Waals surface area contributed by atoms with Crippen molar-refractivity contribution in [2.45, 2.75) is 6.92 Å². The van der Waals surface area contributed by atoms with Crippen molar-refractivity contribution in [3.05, 3.63) is 88.1 Å². The summed E-state index contributed by atoms with van der Waals surface area (Å²) in [4.78, 5) is 46.5. The van der Waals surface area contributed by atoms with Gasteiger partial charge in [-0.2, -0.15) is 0 Å². The quantitative estimate of drug-likeness (QED) is 0.280. The summed E-state index contributed by atoms with van der Waals surface area (Å²) in [6, 6.07) is 15.6. The summed E-state index contributed by atoms with van der Waals surface area (Å²) in [5.74, 6) is 0.409. The number of hydrogen-bond donors (Lipinski definition) is 3. The summed E-state index contributed by atoms with van der Waals surface area (Å²) < 4.78 is 5.01. The molecule has 1 aromatic carbocycles. The Morgan fingerprint density at radius 1 is 0.973 bits per heavy atom. The summed E-state index contributed by atoms with van der Waals surface area (Å²) in [7, 11) is 1.50. The maximum atomic E-state index is 13.3. The first-order valence-corrected chi connectivity index (χ1v) is 11.5. The standard InChI is InChI=1S/C26H20ClN7O3/c1-14-10-16(11-19(27)30-14)22-21(15-6-4-3-5-7-15)34-25-23(33-22)24(35)18(13-29-25)32-26(36)31-17-8-9-20(37-2)28-12-17/h3-13H,1-2H3,(H,29,34,35)(H2,31,32,36). The molecule has 0 aliphatic carbocycles. The van der Waals surface area contributed by atoms with Crippen molar-refractivity contribution in [3.63, 3.8) is 0 Å². The number of halogens is 1. The Kier molecular flexibility index (Phi) is 6.48. The largest absolute Gasteiger partial charge is 0.481 e. The normalized spacial score (nSPS) is 10.8. The zero-order valence-corrected chi connectivity index (χ0v) is 20.5. The molecule has 4 aromatic heterocycles. The Hall–Kier alpha value is -4.83. The number of methoxy groups -OCH3 is 1. The minimum Gasteiger partial charge on any atom is -0.481 e. The fourth-order valence-corrected chi connectivity index (χ4v) is 3.99. The van der Waals surface area contributed by atoms with Gasteiger partial charge in [0.1, 0.15) is 10.8 Å². The highest BCUT2D eigenvalue weighted by molar-refractivity contribution is 6.29. The number of H-pyrrole nitrogens is 1. The van der Waals surface area contributed by atoms with Crippen molar-refractivity contribution < 1.29 is 9.53 Å². The van der Waals surface area contributed by atoms with E-state index in [0.717, 1.165) is 5.56 Å². The number of rotatable bonds is 5. The summed E-state index contributed by atoms with van der Waals surface area (Å²) in [6.45, 7) is 1.82. The number of amides is 2. The molecule has 0 saturated heterocycles. The second-order valence-electron chi connectivity index (χ2n) is 8.00. The number of hydrogen-bond acceptors (Lipinski definition) is 7. The maximum absolute atomic E-state index is 13.3. The number of nitrogens with zero attached hydrogens (tertiary/aromatic N) is 4. The monoisotopic (exact) mass is 513 g/mol. The van der Waals surface area contributed by atoms with Crippen LogP contribution in [0.5, 0.6) is 5.88 Å². The molecule has 10 nitrogen and oxygen atoms in total. The highest BCUT2D eigenvalue weighted by Crippen LogP contribution is 2.31. The third-order valence-corrected chi connectivity index (χ3v) is 5.60. The molecule has 0 atom stereocenters. The van der Waals surface area contributed by atoms with Crippen LogP contribution in [0, 0.1) is 6.92 Å². The number of pyridine rings is 3. The topological polar surface area (TPSA) is 135 Å². The number of benzene rings is 1. The number of carbonyl (C=O) groups excluding carboxylic acids is 1. The number of carbonyl (C=O) groups is 1. The lowest BCUT2D eigenvalue weighted by molar-refractivity contribution is 0.262. The number of ether oxygens (including phenoxy) is 1. The molecule has 5 rings (SSSR count). The fraction of sp³-hybridized carbons (Fsp3) is 0.0769. The van der Waals surface area contributed by atoms with E-state index in [1.165, 1.54) is 19.5 Å². The maximum Gasteiger partial charge on any atom is 0.323 e. The van der Waals surface area contributed by atoms with E-state index in [0.29, 0.717) is 39.4 Å². The molecule has 5 aromatic rings. The summed E-state index contributed by atoms with van der Waals surface area (Å²) >= 11 is 6.22. The molecule has 0 fully saturated rings. The molecular formula is C26H20ClN7O3. The predicted molar refractivity (Wildman–Crippen MR) is 142 cm³/mol. The van der Waals surface area contributed by atoms with Gasteiger partial charge in [0.25, 0.3) is 0 Å². The number of nitrogens with one attached hydrogen (secondary N) is 3. The van der Waals surface area contributed by atoms with Crippen LogP contribution in [-0.4, -0.2) is 38.1 Å². The molecule has 4 heterocycles. The Bertz CT molecular complexity index is 1650. The molecule has 0 radical (unpaired) electrons. The van der Waals surface area contributed by atoms with Gasteiger partial charge < -0.3 is 20.4 Å². The minimum atomic E-state index is -0.623. The lowest BCUT2D eigenvalue weighted by Gasteiger charge is -2.12. The van der Waals surface area contributed by atoms with Crippen LogP contribution in [0.3, 0.4) is 0 Å². The minimum absolute atomic E-state index is 0.00289. The van der Waals surface area contributed by atoms with E-state index in [1.807, 2.05) is 43.3 Å². The van der Waals surface area contributed by atoms with Crippen LogP contribution < -0.4 is 20.8 Å². The average molecular weight is 514 g/mol. The summed E-state index contributed by atoms with van der Waals surface area (Å²) in [5, 5.41) is 5.47. The van der Waals surface area contributed by atoms with Crippen LogP contribution in [0.25, 0.3) is 33.7 Å². The van der Waals surface area contributed by atoms with Crippen molar-refractivity contribution in [2.75, 3.05) is 17.7 Å². The number of anilines is 2. The van der Waals surface area contributed by atoms with E-state index in [9.17, 15) is 9.59 Å². The van der Waals surface area contributed by atoms with Gasteiger partial charge in [0.15, 0.2) is 11.2 Å². The molecule has 2 amide bonds. The molecule has 184 valence electrons. The van der Waals surface area contributed by atoms with Crippen molar-refractivity contribution in [2.24, 2.45) is 0 Å². The third-order valence-electron chi connectivity index (χ3n) is 5.40. The van der Waals surface area contributed by atoms with E-state index in [1.54, 1.807) is 18.2 Å². The van der Waals surface area contributed by atoms with Crippen LogP contribution in [-0.2, 0) is 0 Å². The molecule has 3 N–H and O–H groups in total. The van der Waals surface area contributed by atoms with Crippen molar-refractivity contribution in [1.82, 2.24) is 24.9 Å². The SMILES string of the molecule is COc1ccc(NC(=O)Nc2c[nH]c3nc(-c4ccccc4)c(-c4cc(C)nc(Cl)c4)nc3c2=O)cn1. The Morgan fingerprint density at radius 2 is 1.76 bits per heavy atom. The van der Waals surface area contributed by atoms with Gasteiger partial charge in [-0.1, -0.05) is 41.9 Å². The van der Waals surface area contributed by atoms with Gasteiger partial charge in [-0.25, -0.2) is 24.7 Å². The van der Waals surface area contributed by atoms with Crippen LogP contribution in [0.15, 0.2) is 71.8 Å². The van der Waals surface area contributed by atoms with Crippen molar-refractivity contribution >= 4 is 40.2 Å². The number of aryl methyl sites for hydroxylation is 1. The number of aromatic amines is 1. The molecule has 0 bridgehead atoms. The number of aromatic nitrogens is 5. The second-order valence-corrected chi connectivity index (χ2v) is 8.39. The first-order valence-electron chi connectivity index (χ1n) is 11.1. The van der Waals surface area contributed by atoms with E-state index >= 15 is 0 Å². The predicted octanol–water partition coefficient (Wildman–Crippen LogP) is 5.06. The van der Waals surface area contributed by atoms with E-state index in [-0.39, 0.29) is 16.9 Å². The highest BCUT2D eigenvalue weighted by Gasteiger charge is 2.18. The van der Waals surface area contributed by atoms with Crippen LogP contribution in [0.2, 0.25) is 5.15 Å². The zero-order chi connectivity index (χ0) is 25.9. The first-order chi connectivity index (χ1) is 17.9. The van der Waals surface area contributed by atoms with E-state index < -0.39 is 11.5 Å². The first kappa shape index (κ1) is 23.9. The van der Waals surface area contributed by atoms with Gasteiger partial charge in [-0.3, -0.25) is 4.79 Å². The lowest BCUT2D eigenvalue weighted by atomic mass is 10.0. The molecule has 0 spiro atoms. The fourth-order valence-electron chi connectivity index (χ4n) is 3.74. The van der Waals surface area contributed by atoms with E-state index in [4.69, 9.17) is 21.3 Å².